The van der Waals surface area contributed by atoms with Crippen molar-refractivity contribution in [1.82, 2.24) is 0 Å². The van der Waals surface area contributed by atoms with Gasteiger partial charge in [0.2, 0.25) is 0 Å². The lowest BCUT2D eigenvalue weighted by molar-refractivity contribution is 0.404. The fraction of sp³-hybridized carbons (Fsp3) is 0.286. The molecule has 1 unspecified atom stereocenters. The molecule has 0 saturated heterocycles. The summed E-state index contributed by atoms with van der Waals surface area (Å²) in [4.78, 5) is 0. The minimum Gasteiger partial charge on any atom is -0.496 e. The van der Waals surface area contributed by atoms with E-state index in [4.69, 9.17) is 10.5 Å². The number of hydrogen-bond acceptors (Lipinski definition) is 3. The summed E-state index contributed by atoms with van der Waals surface area (Å²) in [7, 11) is 1.68. The summed E-state index contributed by atoms with van der Waals surface area (Å²) in [6.45, 7) is 0. The lowest BCUT2D eigenvalue weighted by atomic mass is 10.00. The number of hydrogen-bond donors (Lipinski definition) is 1. The third kappa shape index (κ3) is 3.08. The van der Waals surface area contributed by atoms with Crippen molar-refractivity contribution < 1.29 is 4.74 Å². The van der Waals surface area contributed by atoms with Gasteiger partial charge in [0, 0.05) is 11.6 Å². The monoisotopic (exact) mass is 247 g/mol. The molecule has 0 saturated carbocycles. The van der Waals surface area contributed by atoms with Gasteiger partial charge >= 0.3 is 0 Å². The van der Waals surface area contributed by atoms with Crippen LogP contribution in [0.25, 0.3) is 0 Å². The lowest BCUT2D eigenvalue weighted by Crippen LogP contribution is -2.12. The van der Waals surface area contributed by atoms with Crippen molar-refractivity contribution >= 4 is 11.3 Å². The number of para-hydroxylation sites is 1. The number of methoxy groups -OCH3 is 1. The molecular weight excluding hydrogens is 230 g/mol. The first-order valence-corrected chi connectivity index (χ1v) is 6.65. The average Bonchev–Trinajstić information content (AvgIpc) is 2.89. The van der Waals surface area contributed by atoms with E-state index in [9.17, 15) is 0 Å². The van der Waals surface area contributed by atoms with E-state index in [1.54, 1.807) is 18.4 Å². The number of nitrogens with two attached hydrogens (primary N) is 1. The van der Waals surface area contributed by atoms with Gasteiger partial charge in [-0.1, -0.05) is 18.2 Å². The third-order valence-electron chi connectivity index (χ3n) is 2.86. The zero-order chi connectivity index (χ0) is 12.1. The van der Waals surface area contributed by atoms with Gasteiger partial charge in [0.15, 0.2) is 0 Å². The minimum atomic E-state index is 0.0334. The van der Waals surface area contributed by atoms with Crippen LogP contribution in [-0.2, 0) is 6.42 Å². The first-order chi connectivity index (χ1) is 8.31. The molecule has 2 rings (SSSR count). The van der Waals surface area contributed by atoms with Gasteiger partial charge < -0.3 is 10.5 Å². The molecule has 0 spiro atoms. The average molecular weight is 247 g/mol. The molecular formula is C14H17NOS. The fourth-order valence-corrected chi connectivity index (χ4v) is 2.59. The number of ether oxygens (including phenoxy) is 1. The Balaban J connectivity index is 2.01. The van der Waals surface area contributed by atoms with Crippen LogP contribution >= 0.6 is 11.3 Å². The SMILES string of the molecule is COc1ccccc1C(N)CCc1ccsc1. The molecule has 1 aromatic heterocycles. The maximum Gasteiger partial charge on any atom is 0.123 e. The van der Waals surface area contributed by atoms with Crippen molar-refractivity contribution in [2.24, 2.45) is 5.73 Å². The van der Waals surface area contributed by atoms with Crippen molar-refractivity contribution in [3.8, 4) is 5.75 Å². The van der Waals surface area contributed by atoms with E-state index in [-0.39, 0.29) is 6.04 Å². The van der Waals surface area contributed by atoms with Gasteiger partial charge in [-0.3, -0.25) is 0 Å². The molecule has 1 heterocycles. The first-order valence-electron chi connectivity index (χ1n) is 5.71. The molecule has 2 N–H and O–H groups in total. The van der Waals surface area contributed by atoms with Gasteiger partial charge in [-0.25, -0.2) is 0 Å². The van der Waals surface area contributed by atoms with Gasteiger partial charge in [0.25, 0.3) is 0 Å². The van der Waals surface area contributed by atoms with Gasteiger partial charge in [-0.2, -0.15) is 11.3 Å². The molecule has 90 valence electrons. The maximum atomic E-state index is 6.21. The minimum absolute atomic E-state index is 0.0334. The van der Waals surface area contributed by atoms with Crippen LogP contribution in [0, 0.1) is 0 Å². The molecule has 0 aliphatic rings. The van der Waals surface area contributed by atoms with Gasteiger partial charge in [0.05, 0.1) is 7.11 Å². The van der Waals surface area contributed by atoms with Crippen LogP contribution in [-0.4, -0.2) is 7.11 Å². The van der Waals surface area contributed by atoms with E-state index in [0.29, 0.717) is 0 Å². The molecule has 1 atom stereocenters. The third-order valence-corrected chi connectivity index (χ3v) is 3.59. The highest BCUT2D eigenvalue weighted by molar-refractivity contribution is 7.07. The van der Waals surface area contributed by atoms with Crippen LogP contribution in [0.1, 0.15) is 23.6 Å². The Labute approximate surface area is 106 Å². The number of rotatable bonds is 5. The van der Waals surface area contributed by atoms with Crippen LogP contribution in [0.3, 0.4) is 0 Å². The van der Waals surface area contributed by atoms with Gasteiger partial charge in [-0.15, -0.1) is 0 Å². The lowest BCUT2D eigenvalue weighted by Gasteiger charge is -2.15. The first kappa shape index (κ1) is 12.1. The molecule has 1 aromatic carbocycles. The molecule has 0 fully saturated rings. The smallest absolute Gasteiger partial charge is 0.123 e. The summed E-state index contributed by atoms with van der Waals surface area (Å²) in [6.07, 6.45) is 1.96. The topological polar surface area (TPSA) is 35.2 Å². The summed E-state index contributed by atoms with van der Waals surface area (Å²) in [5.74, 6) is 0.880. The Morgan fingerprint density at radius 2 is 2.12 bits per heavy atom. The zero-order valence-electron chi connectivity index (χ0n) is 9.93. The van der Waals surface area contributed by atoms with E-state index in [2.05, 4.69) is 16.8 Å². The molecule has 3 heteroatoms. The summed E-state index contributed by atoms with van der Waals surface area (Å²) >= 11 is 1.73. The highest BCUT2D eigenvalue weighted by Gasteiger charge is 2.11. The molecule has 2 aromatic rings. The largest absolute Gasteiger partial charge is 0.496 e. The number of thiophene rings is 1. The molecule has 0 bridgehead atoms. The summed E-state index contributed by atoms with van der Waals surface area (Å²) in [6, 6.07) is 10.2. The Hall–Kier alpha value is -1.32. The van der Waals surface area contributed by atoms with Crippen molar-refractivity contribution in [2.45, 2.75) is 18.9 Å². The van der Waals surface area contributed by atoms with E-state index in [1.807, 2.05) is 24.3 Å². The standard InChI is InChI=1S/C14H17NOS/c1-16-14-5-3-2-4-12(14)13(15)7-6-11-8-9-17-10-11/h2-5,8-10,13H,6-7,15H2,1H3. The maximum absolute atomic E-state index is 6.21. The highest BCUT2D eigenvalue weighted by Crippen LogP contribution is 2.26. The molecule has 17 heavy (non-hydrogen) atoms. The highest BCUT2D eigenvalue weighted by atomic mass is 32.1. The molecule has 0 radical (unpaired) electrons. The fourth-order valence-electron chi connectivity index (χ4n) is 1.89. The molecule has 0 aliphatic carbocycles. The van der Waals surface area contributed by atoms with E-state index in [0.717, 1.165) is 24.2 Å². The van der Waals surface area contributed by atoms with Crippen molar-refractivity contribution in [2.75, 3.05) is 7.11 Å². The number of benzene rings is 1. The Morgan fingerprint density at radius 3 is 2.82 bits per heavy atom. The van der Waals surface area contributed by atoms with Crippen LogP contribution in [0.4, 0.5) is 0 Å². The van der Waals surface area contributed by atoms with Crippen LogP contribution < -0.4 is 10.5 Å². The van der Waals surface area contributed by atoms with Crippen molar-refractivity contribution in [1.29, 1.82) is 0 Å². The summed E-state index contributed by atoms with van der Waals surface area (Å²) < 4.78 is 5.33. The molecule has 0 amide bonds. The quantitative estimate of drug-likeness (QED) is 0.879. The van der Waals surface area contributed by atoms with E-state index < -0.39 is 0 Å². The summed E-state index contributed by atoms with van der Waals surface area (Å²) in [5.41, 5.74) is 8.66. The van der Waals surface area contributed by atoms with E-state index >= 15 is 0 Å². The Bertz CT molecular complexity index is 453. The second-order valence-electron chi connectivity index (χ2n) is 4.02. The van der Waals surface area contributed by atoms with Crippen molar-refractivity contribution in [3.63, 3.8) is 0 Å². The summed E-state index contributed by atoms with van der Waals surface area (Å²) in [5, 5.41) is 4.28. The van der Waals surface area contributed by atoms with Crippen LogP contribution in [0.2, 0.25) is 0 Å². The normalized spacial score (nSPS) is 12.4. The van der Waals surface area contributed by atoms with Gasteiger partial charge in [0.1, 0.15) is 5.75 Å². The van der Waals surface area contributed by atoms with E-state index in [1.165, 1.54) is 5.56 Å². The predicted molar refractivity (Wildman–Crippen MR) is 72.6 cm³/mol. The Kier molecular flexibility index (Phi) is 4.18. The molecule has 2 nitrogen and oxygen atoms in total. The Morgan fingerprint density at radius 1 is 1.29 bits per heavy atom. The second kappa shape index (κ2) is 5.84. The predicted octanol–water partition coefficient (Wildman–Crippen LogP) is 3.39. The molecule has 0 aliphatic heterocycles. The zero-order valence-corrected chi connectivity index (χ0v) is 10.7. The van der Waals surface area contributed by atoms with Gasteiger partial charge in [-0.05, 0) is 41.3 Å². The second-order valence-corrected chi connectivity index (χ2v) is 4.80. The number of aryl methyl sites for hydroxylation is 1. The van der Waals surface area contributed by atoms with Crippen molar-refractivity contribution in [3.05, 3.63) is 52.2 Å². The van der Waals surface area contributed by atoms with Crippen LogP contribution in [0.15, 0.2) is 41.1 Å². The van der Waals surface area contributed by atoms with Crippen LogP contribution in [0.5, 0.6) is 5.75 Å².